The van der Waals surface area contributed by atoms with Gasteiger partial charge in [-0.25, -0.2) is 14.8 Å². The molecule has 0 aliphatic heterocycles. The fraction of sp³-hybridized carbons (Fsp3) is 0.412. The molecule has 1 fully saturated rings. The SMILES string of the molecule is COC(=O)c1c(C)nc(C2CC2)nc1SCC(=O)NCc1ccco1. The van der Waals surface area contributed by atoms with Crippen molar-refractivity contribution in [3.8, 4) is 0 Å². The zero-order chi connectivity index (χ0) is 17.8. The first-order valence-electron chi connectivity index (χ1n) is 7.97. The average Bonchev–Trinajstić information content (AvgIpc) is 3.33. The maximum atomic E-state index is 12.0. The molecule has 25 heavy (non-hydrogen) atoms. The molecule has 1 amide bonds. The predicted molar refractivity (Wildman–Crippen MR) is 91.4 cm³/mol. The van der Waals surface area contributed by atoms with Crippen molar-refractivity contribution in [3.05, 3.63) is 41.2 Å². The minimum Gasteiger partial charge on any atom is -0.467 e. The molecule has 8 heteroatoms. The topological polar surface area (TPSA) is 94.3 Å². The smallest absolute Gasteiger partial charge is 0.342 e. The van der Waals surface area contributed by atoms with E-state index < -0.39 is 5.97 Å². The number of amides is 1. The van der Waals surface area contributed by atoms with Crippen LogP contribution in [0.2, 0.25) is 0 Å². The van der Waals surface area contributed by atoms with Gasteiger partial charge in [0.2, 0.25) is 5.91 Å². The number of methoxy groups -OCH3 is 1. The van der Waals surface area contributed by atoms with E-state index in [1.54, 1.807) is 25.3 Å². The first-order valence-corrected chi connectivity index (χ1v) is 8.95. The van der Waals surface area contributed by atoms with Crippen LogP contribution in [-0.2, 0) is 16.1 Å². The summed E-state index contributed by atoms with van der Waals surface area (Å²) in [6.07, 6.45) is 3.68. The van der Waals surface area contributed by atoms with E-state index >= 15 is 0 Å². The van der Waals surface area contributed by atoms with E-state index in [2.05, 4.69) is 15.3 Å². The molecule has 0 bridgehead atoms. The minimum absolute atomic E-state index is 0.144. The standard InChI is InChI=1S/C17H19N3O4S/c1-10-14(17(22)23-2)16(20-15(19-10)11-5-6-11)25-9-13(21)18-8-12-4-3-7-24-12/h3-4,7,11H,5-6,8-9H2,1-2H3,(H,18,21). The molecule has 1 saturated carbocycles. The fourth-order valence-corrected chi connectivity index (χ4v) is 3.22. The molecule has 0 spiro atoms. The van der Waals surface area contributed by atoms with E-state index in [1.165, 1.54) is 18.9 Å². The van der Waals surface area contributed by atoms with Crippen LogP contribution in [-0.4, -0.2) is 34.7 Å². The summed E-state index contributed by atoms with van der Waals surface area (Å²) in [5, 5.41) is 3.26. The van der Waals surface area contributed by atoms with Gasteiger partial charge in [-0.3, -0.25) is 4.79 Å². The number of carbonyl (C=O) groups is 2. The third-order valence-corrected chi connectivity index (χ3v) is 4.76. The number of ether oxygens (including phenoxy) is 1. The first-order chi connectivity index (χ1) is 12.1. The van der Waals surface area contributed by atoms with Crippen molar-refractivity contribution in [2.45, 2.75) is 37.3 Å². The summed E-state index contributed by atoms with van der Waals surface area (Å²) in [5.41, 5.74) is 0.915. The highest BCUT2D eigenvalue weighted by molar-refractivity contribution is 8.00. The zero-order valence-corrected chi connectivity index (χ0v) is 14.9. The Morgan fingerprint density at radius 1 is 1.40 bits per heavy atom. The summed E-state index contributed by atoms with van der Waals surface area (Å²) in [5.74, 6) is 1.27. The Bertz CT molecular complexity index is 772. The van der Waals surface area contributed by atoms with Crippen molar-refractivity contribution >= 4 is 23.6 Å². The minimum atomic E-state index is -0.488. The maximum absolute atomic E-state index is 12.0. The van der Waals surface area contributed by atoms with E-state index in [0.29, 0.717) is 34.5 Å². The summed E-state index contributed by atoms with van der Waals surface area (Å²) in [4.78, 5) is 33.0. The molecule has 1 aliphatic carbocycles. The van der Waals surface area contributed by atoms with Gasteiger partial charge in [0.1, 0.15) is 22.2 Å². The lowest BCUT2D eigenvalue weighted by molar-refractivity contribution is -0.118. The van der Waals surface area contributed by atoms with Crippen molar-refractivity contribution < 1.29 is 18.7 Å². The van der Waals surface area contributed by atoms with Crippen molar-refractivity contribution in [2.75, 3.05) is 12.9 Å². The molecule has 132 valence electrons. The Labute approximate surface area is 149 Å². The highest BCUT2D eigenvalue weighted by Crippen LogP contribution is 2.39. The zero-order valence-electron chi connectivity index (χ0n) is 14.1. The Morgan fingerprint density at radius 3 is 2.84 bits per heavy atom. The third kappa shape index (κ3) is 4.39. The molecule has 2 heterocycles. The molecule has 0 saturated heterocycles. The van der Waals surface area contributed by atoms with Gasteiger partial charge in [-0.1, -0.05) is 11.8 Å². The van der Waals surface area contributed by atoms with E-state index in [1.807, 2.05) is 0 Å². The Kier molecular flexibility index (Phi) is 5.37. The summed E-state index contributed by atoms with van der Waals surface area (Å²) in [6.45, 7) is 2.09. The number of hydrogen-bond donors (Lipinski definition) is 1. The van der Waals surface area contributed by atoms with Crippen LogP contribution in [0.3, 0.4) is 0 Å². The summed E-state index contributed by atoms with van der Waals surface area (Å²) in [6, 6.07) is 3.56. The number of nitrogens with zero attached hydrogens (tertiary/aromatic N) is 2. The summed E-state index contributed by atoms with van der Waals surface area (Å²) >= 11 is 1.21. The first kappa shape index (κ1) is 17.5. The normalized spacial score (nSPS) is 13.5. The number of nitrogens with one attached hydrogen (secondary N) is 1. The number of carbonyl (C=O) groups excluding carboxylic acids is 2. The highest BCUT2D eigenvalue weighted by Gasteiger charge is 2.29. The molecule has 0 atom stereocenters. The molecule has 1 N–H and O–H groups in total. The van der Waals surface area contributed by atoms with Crippen molar-refractivity contribution in [3.63, 3.8) is 0 Å². The van der Waals surface area contributed by atoms with Crippen molar-refractivity contribution in [2.24, 2.45) is 0 Å². The molecule has 3 rings (SSSR count). The summed E-state index contributed by atoms with van der Waals surface area (Å²) < 4.78 is 10.0. The molecule has 0 aromatic carbocycles. The number of hydrogen-bond acceptors (Lipinski definition) is 7. The second-order valence-corrected chi connectivity index (χ2v) is 6.72. The van der Waals surface area contributed by atoms with E-state index in [4.69, 9.17) is 9.15 Å². The number of esters is 1. The molecular weight excluding hydrogens is 342 g/mol. The van der Waals surface area contributed by atoms with Crippen molar-refractivity contribution in [1.82, 2.24) is 15.3 Å². The van der Waals surface area contributed by atoms with Gasteiger partial charge in [0.15, 0.2) is 0 Å². The van der Waals surface area contributed by atoms with Gasteiger partial charge in [-0.2, -0.15) is 0 Å². The maximum Gasteiger partial charge on any atom is 0.342 e. The number of thioether (sulfide) groups is 1. The van der Waals surface area contributed by atoms with Gasteiger partial charge in [-0.05, 0) is 31.9 Å². The van der Waals surface area contributed by atoms with Gasteiger partial charge < -0.3 is 14.5 Å². The average molecular weight is 361 g/mol. The molecular formula is C17H19N3O4S. The van der Waals surface area contributed by atoms with Gasteiger partial charge in [0.25, 0.3) is 0 Å². The van der Waals surface area contributed by atoms with Crippen LogP contribution in [0.15, 0.2) is 27.8 Å². The lowest BCUT2D eigenvalue weighted by Gasteiger charge is -2.11. The van der Waals surface area contributed by atoms with Crippen LogP contribution in [0.1, 0.15) is 46.4 Å². The lowest BCUT2D eigenvalue weighted by Crippen LogP contribution is -2.24. The van der Waals surface area contributed by atoms with E-state index in [9.17, 15) is 9.59 Å². The van der Waals surface area contributed by atoms with Crippen LogP contribution in [0, 0.1) is 6.92 Å². The fourth-order valence-electron chi connectivity index (χ4n) is 2.32. The number of aryl methyl sites for hydroxylation is 1. The van der Waals surface area contributed by atoms with Gasteiger partial charge in [0, 0.05) is 5.92 Å². The molecule has 0 radical (unpaired) electrons. The monoisotopic (exact) mass is 361 g/mol. The second kappa shape index (κ2) is 7.69. The number of furan rings is 1. The second-order valence-electron chi connectivity index (χ2n) is 5.76. The Morgan fingerprint density at radius 2 is 2.20 bits per heavy atom. The molecule has 1 aliphatic rings. The molecule has 2 aromatic heterocycles. The molecule has 0 unspecified atom stereocenters. The van der Waals surface area contributed by atoms with Crippen LogP contribution in [0.25, 0.3) is 0 Å². The third-order valence-electron chi connectivity index (χ3n) is 3.79. The largest absolute Gasteiger partial charge is 0.467 e. The molecule has 7 nitrogen and oxygen atoms in total. The molecule has 2 aromatic rings. The van der Waals surface area contributed by atoms with Gasteiger partial charge >= 0.3 is 5.97 Å². The van der Waals surface area contributed by atoms with Gasteiger partial charge in [0.05, 0.1) is 31.4 Å². The lowest BCUT2D eigenvalue weighted by atomic mass is 10.2. The van der Waals surface area contributed by atoms with E-state index in [-0.39, 0.29) is 11.7 Å². The number of aromatic nitrogens is 2. The van der Waals surface area contributed by atoms with E-state index in [0.717, 1.165) is 18.7 Å². The van der Waals surface area contributed by atoms with Gasteiger partial charge in [-0.15, -0.1) is 0 Å². The van der Waals surface area contributed by atoms with Crippen LogP contribution in [0.4, 0.5) is 0 Å². The summed E-state index contributed by atoms with van der Waals surface area (Å²) in [7, 11) is 1.32. The number of rotatable bonds is 7. The highest BCUT2D eigenvalue weighted by atomic mass is 32.2. The van der Waals surface area contributed by atoms with Crippen LogP contribution in [0.5, 0.6) is 0 Å². The van der Waals surface area contributed by atoms with Crippen molar-refractivity contribution in [1.29, 1.82) is 0 Å². The Balaban J connectivity index is 1.69. The Hall–Kier alpha value is -2.35. The van der Waals surface area contributed by atoms with Crippen LogP contribution < -0.4 is 5.32 Å². The predicted octanol–water partition coefficient (Wildman–Crippen LogP) is 2.45. The van der Waals surface area contributed by atoms with Crippen LogP contribution >= 0.6 is 11.8 Å². The quantitative estimate of drug-likeness (QED) is 0.460.